The molecular weight excluding hydrogens is 228 g/mol. The molecule has 0 saturated carbocycles. The first kappa shape index (κ1) is 12.1. The Hall–Kier alpha value is -2.36. The van der Waals surface area contributed by atoms with E-state index in [-0.39, 0.29) is 0 Å². The van der Waals surface area contributed by atoms with Crippen LogP contribution in [0, 0.1) is 0 Å². The molecule has 4 nitrogen and oxygen atoms in total. The SMILES string of the molecule is Nc1ccccc1CCc1cnccc1C(=O)O. The standard InChI is InChI=1S/C14H14N2O2/c15-13-4-2-1-3-10(13)5-6-11-9-16-8-7-12(11)14(17)18/h1-4,7-9H,5-6,15H2,(H,17,18). The van der Waals surface area contributed by atoms with Crippen LogP contribution < -0.4 is 5.73 Å². The second-order valence-corrected chi connectivity index (χ2v) is 4.04. The smallest absolute Gasteiger partial charge is 0.336 e. The highest BCUT2D eigenvalue weighted by atomic mass is 16.4. The fraction of sp³-hybridized carbons (Fsp3) is 0.143. The summed E-state index contributed by atoms with van der Waals surface area (Å²) in [5.74, 6) is -0.923. The highest BCUT2D eigenvalue weighted by Crippen LogP contribution is 2.15. The summed E-state index contributed by atoms with van der Waals surface area (Å²) < 4.78 is 0. The largest absolute Gasteiger partial charge is 0.478 e. The molecule has 0 bridgehead atoms. The number of aryl methyl sites for hydroxylation is 2. The lowest BCUT2D eigenvalue weighted by Crippen LogP contribution is -2.05. The van der Waals surface area contributed by atoms with Crippen LogP contribution in [0.5, 0.6) is 0 Å². The van der Waals surface area contributed by atoms with Gasteiger partial charge in [0, 0.05) is 18.1 Å². The van der Waals surface area contributed by atoms with Crippen molar-refractivity contribution in [1.29, 1.82) is 0 Å². The van der Waals surface area contributed by atoms with Crippen molar-refractivity contribution < 1.29 is 9.90 Å². The van der Waals surface area contributed by atoms with Crippen LogP contribution in [0.2, 0.25) is 0 Å². The van der Waals surface area contributed by atoms with E-state index in [9.17, 15) is 4.79 Å². The number of aromatic carboxylic acids is 1. The lowest BCUT2D eigenvalue weighted by Gasteiger charge is -2.07. The van der Waals surface area contributed by atoms with Gasteiger partial charge < -0.3 is 10.8 Å². The number of aromatic nitrogens is 1. The van der Waals surface area contributed by atoms with Crippen LogP contribution in [0.3, 0.4) is 0 Å². The third kappa shape index (κ3) is 2.66. The van der Waals surface area contributed by atoms with Crippen LogP contribution in [-0.4, -0.2) is 16.1 Å². The van der Waals surface area contributed by atoms with Gasteiger partial charge in [-0.15, -0.1) is 0 Å². The van der Waals surface area contributed by atoms with Gasteiger partial charge in [0.15, 0.2) is 0 Å². The number of anilines is 1. The molecule has 2 aromatic rings. The van der Waals surface area contributed by atoms with E-state index in [1.165, 1.54) is 12.3 Å². The van der Waals surface area contributed by atoms with Gasteiger partial charge in [-0.1, -0.05) is 18.2 Å². The maximum atomic E-state index is 11.0. The van der Waals surface area contributed by atoms with E-state index in [4.69, 9.17) is 10.8 Å². The van der Waals surface area contributed by atoms with Gasteiger partial charge in [0.2, 0.25) is 0 Å². The molecule has 0 unspecified atom stereocenters. The Kier molecular flexibility index (Phi) is 3.57. The van der Waals surface area contributed by atoms with Gasteiger partial charge in [0.05, 0.1) is 5.56 Å². The molecule has 0 saturated heterocycles. The number of carboxylic acids is 1. The Morgan fingerprint density at radius 2 is 1.89 bits per heavy atom. The average molecular weight is 242 g/mol. The topological polar surface area (TPSA) is 76.2 Å². The van der Waals surface area contributed by atoms with Crippen LogP contribution in [0.4, 0.5) is 5.69 Å². The summed E-state index contributed by atoms with van der Waals surface area (Å²) >= 11 is 0. The molecular formula is C14H14N2O2. The zero-order valence-corrected chi connectivity index (χ0v) is 9.84. The summed E-state index contributed by atoms with van der Waals surface area (Å²) in [5.41, 5.74) is 8.65. The summed E-state index contributed by atoms with van der Waals surface area (Å²) in [6.45, 7) is 0. The molecule has 0 radical (unpaired) electrons. The summed E-state index contributed by atoms with van der Waals surface area (Å²) in [6.07, 6.45) is 4.41. The van der Waals surface area contributed by atoms with Crippen molar-refractivity contribution in [2.24, 2.45) is 0 Å². The maximum absolute atomic E-state index is 11.0. The van der Waals surface area contributed by atoms with E-state index in [1.807, 2.05) is 24.3 Å². The van der Waals surface area contributed by atoms with Crippen molar-refractivity contribution in [3.8, 4) is 0 Å². The number of rotatable bonds is 4. The van der Waals surface area contributed by atoms with E-state index in [0.717, 1.165) is 16.8 Å². The summed E-state index contributed by atoms with van der Waals surface area (Å²) in [5, 5.41) is 9.06. The van der Waals surface area contributed by atoms with Gasteiger partial charge in [-0.2, -0.15) is 0 Å². The predicted molar refractivity (Wildman–Crippen MR) is 69.5 cm³/mol. The van der Waals surface area contributed by atoms with Crippen LogP contribution in [0.15, 0.2) is 42.7 Å². The molecule has 0 aliphatic rings. The number of carboxylic acid groups (broad SMARTS) is 1. The first-order valence-corrected chi connectivity index (χ1v) is 5.68. The number of nitrogens with zero attached hydrogens (tertiary/aromatic N) is 1. The van der Waals surface area contributed by atoms with Crippen LogP contribution in [0.1, 0.15) is 21.5 Å². The van der Waals surface area contributed by atoms with Crippen molar-refractivity contribution in [1.82, 2.24) is 4.98 Å². The Labute approximate surface area is 105 Å². The van der Waals surface area contributed by atoms with E-state index in [1.54, 1.807) is 6.20 Å². The number of hydrogen-bond acceptors (Lipinski definition) is 3. The molecule has 92 valence electrons. The lowest BCUT2D eigenvalue weighted by molar-refractivity contribution is 0.0695. The highest BCUT2D eigenvalue weighted by Gasteiger charge is 2.09. The number of nitrogen functional groups attached to an aromatic ring is 1. The first-order valence-electron chi connectivity index (χ1n) is 5.68. The molecule has 0 aliphatic carbocycles. The Bertz CT molecular complexity index is 567. The Balaban J connectivity index is 2.16. The molecule has 0 amide bonds. The number of carbonyl (C=O) groups is 1. The first-order chi connectivity index (χ1) is 8.68. The minimum absolute atomic E-state index is 0.305. The normalized spacial score (nSPS) is 10.2. The molecule has 0 aliphatic heterocycles. The van der Waals surface area contributed by atoms with Crippen molar-refractivity contribution in [3.05, 3.63) is 59.4 Å². The Morgan fingerprint density at radius 1 is 1.17 bits per heavy atom. The monoisotopic (exact) mass is 242 g/mol. The lowest BCUT2D eigenvalue weighted by atomic mass is 10.0. The average Bonchev–Trinajstić information content (AvgIpc) is 2.38. The van der Waals surface area contributed by atoms with Gasteiger partial charge >= 0.3 is 5.97 Å². The van der Waals surface area contributed by atoms with Crippen molar-refractivity contribution in [2.45, 2.75) is 12.8 Å². The Morgan fingerprint density at radius 3 is 2.61 bits per heavy atom. The molecule has 3 N–H and O–H groups in total. The third-order valence-electron chi connectivity index (χ3n) is 2.85. The van der Waals surface area contributed by atoms with Crippen molar-refractivity contribution in [2.75, 3.05) is 5.73 Å². The van der Waals surface area contributed by atoms with Gasteiger partial charge in [-0.25, -0.2) is 4.79 Å². The number of hydrogen-bond donors (Lipinski definition) is 2. The van der Waals surface area contributed by atoms with E-state index >= 15 is 0 Å². The molecule has 18 heavy (non-hydrogen) atoms. The molecule has 0 atom stereocenters. The van der Waals surface area contributed by atoms with Crippen LogP contribution in [0.25, 0.3) is 0 Å². The molecule has 1 aromatic carbocycles. The molecule has 4 heteroatoms. The number of benzene rings is 1. The van der Waals surface area contributed by atoms with Crippen molar-refractivity contribution in [3.63, 3.8) is 0 Å². The quantitative estimate of drug-likeness (QED) is 0.805. The summed E-state index contributed by atoms with van der Waals surface area (Å²) in [7, 11) is 0. The van der Waals surface area contributed by atoms with Crippen LogP contribution in [-0.2, 0) is 12.8 Å². The zero-order valence-electron chi connectivity index (χ0n) is 9.84. The van der Waals surface area contributed by atoms with Gasteiger partial charge in [0.25, 0.3) is 0 Å². The number of pyridine rings is 1. The number of para-hydroxylation sites is 1. The van der Waals surface area contributed by atoms with Gasteiger partial charge in [-0.3, -0.25) is 4.98 Å². The van der Waals surface area contributed by atoms with Crippen LogP contribution >= 0.6 is 0 Å². The highest BCUT2D eigenvalue weighted by molar-refractivity contribution is 5.89. The fourth-order valence-corrected chi connectivity index (χ4v) is 1.87. The zero-order chi connectivity index (χ0) is 13.0. The molecule has 1 heterocycles. The van der Waals surface area contributed by atoms with Gasteiger partial charge in [-0.05, 0) is 36.1 Å². The van der Waals surface area contributed by atoms with Gasteiger partial charge in [0.1, 0.15) is 0 Å². The van der Waals surface area contributed by atoms with E-state index in [0.29, 0.717) is 18.4 Å². The summed E-state index contributed by atoms with van der Waals surface area (Å²) in [4.78, 5) is 15.0. The summed E-state index contributed by atoms with van der Waals surface area (Å²) in [6, 6.07) is 9.12. The molecule has 1 aromatic heterocycles. The predicted octanol–water partition coefficient (Wildman–Crippen LogP) is 2.15. The second kappa shape index (κ2) is 5.31. The third-order valence-corrected chi connectivity index (χ3v) is 2.85. The molecule has 0 fully saturated rings. The second-order valence-electron chi connectivity index (χ2n) is 4.04. The maximum Gasteiger partial charge on any atom is 0.336 e. The molecule has 2 rings (SSSR count). The fourth-order valence-electron chi connectivity index (χ4n) is 1.87. The molecule has 0 spiro atoms. The minimum Gasteiger partial charge on any atom is -0.478 e. The van der Waals surface area contributed by atoms with E-state index in [2.05, 4.69) is 4.98 Å². The number of nitrogens with two attached hydrogens (primary N) is 1. The minimum atomic E-state index is -0.923. The van der Waals surface area contributed by atoms with Crippen molar-refractivity contribution >= 4 is 11.7 Å². The van der Waals surface area contributed by atoms with E-state index < -0.39 is 5.97 Å².